The molecule has 1 amide bonds. The molecule has 150 valence electrons. The Morgan fingerprint density at radius 3 is 2.46 bits per heavy atom. The van der Waals surface area contributed by atoms with Crippen LogP contribution < -0.4 is 20.3 Å². The van der Waals surface area contributed by atoms with Gasteiger partial charge in [0.15, 0.2) is 6.26 Å². The number of nitrogens with zero attached hydrogens (tertiary/aromatic N) is 1. The van der Waals surface area contributed by atoms with Gasteiger partial charge in [-0.05, 0) is 51.3 Å². The summed E-state index contributed by atoms with van der Waals surface area (Å²) in [5, 5.41) is 2.53. The van der Waals surface area contributed by atoms with Crippen LogP contribution in [-0.2, 0) is 19.4 Å². The Morgan fingerprint density at radius 2 is 1.96 bits per heavy atom. The summed E-state index contributed by atoms with van der Waals surface area (Å²) in [7, 11) is -1.78. The molecule has 2 aromatic carbocycles. The molecule has 0 radical (unpaired) electrons. The molecule has 0 aliphatic heterocycles. The highest BCUT2D eigenvalue weighted by Gasteiger charge is 2.32. The number of nitrogens with two attached hydrogens (primary N) is 1. The predicted octanol–water partition coefficient (Wildman–Crippen LogP) is 1.46. The van der Waals surface area contributed by atoms with E-state index in [0.29, 0.717) is 21.4 Å². The molecule has 2 rings (SSSR count). The molecule has 5 N–H and O–H groups in total. The van der Waals surface area contributed by atoms with E-state index in [0.717, 1.165) is 0 Å². The molecular formula is C18H22BrFN4O3S+2. The summed E-state index contributed by atoms with van der Waals surface area (Å²) in [4.78, 5) is 15.4. The highest BCUT2D eigenvalue weighted by Crippen LogP contribution is 2.33. The van der Waals surface area contributed by atoms with Crippen molar-refractivity contribution < 1.29 is 22.9 Å². The molecule has 2 aromatic rings. The molecule has 7 nitrogen and oxygen atoms in total. The van der Waals surface area contributed by atoms with Gasteiger partial charge in [-0.15, -0.1) is 0 Å². The minimum Gasteiger partial charge on any atom is -0.398 e. The topological polar surface area (TPSA) is 110 Å². The van der Waals surface area contributed by atoms with Crippen molar-refractivity contribution in [3.05, 3.63) is 52.3 Å². The second-order valence-corrected chi connectivity index (χ2v) is 8.75. The number of halogens is 2. The molecule has 0 aliphatic rings. The molecule has 0 saturated heterocycles. The predicted molar refractivity (Wildman–Crippen MR) is 113 cm³/mol. The summed E-state index contributed by atoms with van der Waals surface area (Å²) in [6.45, 7) is 2.02. The summed E-state index contributed by atoms with van der Waals surface area (Å²) in [5.74, 6) is -0.824. The Balaban J connectivity index is 2.62. The Kier molecular flexibility index (Phi) is 6.91. The summed E-state index contributed by atoms with van der Waals surface area (Å²) in [6.07, 6.45) is 1.21. The third kappa shape index (κ3) is 4.94. The lowest BCUT2D eigenvalue weighted by atomic mass is 10.1. The van der Waals surface area contributed by atoms with E-state index < -0.39 is 22.1 Å². The van der Waals surface area contributed by atoms with Gasteiger partial charge in [-0.3, -0.25) is 4.79 Å². The van der Waals surface area contributed by atoms with Crippen LogP contribution in [0.1, 0.15) is 12.5 Å². The van der Waals surface area contributed by atoms with E-state index in [1.165, 1.54) is 47.9 Å². The smallest absolute Gasteiger partial charge is 0.316 e. The van der Waals surface area contributed by atoms with Crippen LogP contribution in [0.3, 0.4) is 0 Å². The maximum atomic E-state index is 13.2. The lowest BCUT2D eigenvalue weighted by Crippen LogP contribution is -2.70. The number of likely N-dealkylation sites (N-methyl/N-ethyl adjacent to an activating group) is 1. The van der Waals surface area contributed by atoms with Crippen molar-refractivity contribution in [1.82, 2.24) is 5.32 Å². The van der Waals surface area contributed by atoms with Crippen molar-refractivity contribution in [3.8, 4) is 0 Å². The first-order valence-electron chi connectivity index (χ1n) is 8.28. The standard InChI is InChI=1S/C18H20BrFN4O3S/c1-4-24(28(3,26)27)16-10-15(21)13(9-14(16)19)17(18(25)22-2)23-12-7-5-11(20)6-8-12/h5-10H,4H2,1-3H3,(H3-,21,22,23,25,26,27)/p+2. The van der Waals surface area contributed by atoms with Crippen molar-refractivity contribution >= 4 is 55.0 Å². The Hall–Kier alpha value is -2.30. The monoisotopic (exact) mass is 472 g/mol. The van der Waals surface area contributed by atoms with Gasteiger partial charge in [0.25, 0.3) is 5.71 Å². The third-order valence-corrected chi connectivity index (χ3v) is 5.83. The molecule has 1 atom stereocenters. The number of rotatable bonds is 6. The van der Waals surface area contributed by atoms with Crippen molar-refractivity contribution in [2.24, 2.45) is 0 Å². The number of hydrogen-bond acceptors (Lipinski definition) is 3. The Labute approximate surface area is 172 Å². The lowest BCUT2D eigenvalue weighted by Gasteiger charge is -2.20. The highest BCUT2D eigenvalue weighted by molar-refractivity contribution is 9.10. The zero-order valence-electron chi connectivity index (χ0n) is 15.6. The average molecular weight is 473 g/mol. The molecular weight excluding hydrogens is 451 g/mol. The van der Waals surface area contributed by atoms with Gasteiger partial charge in [-0.25, -0.2) is 4.39 Å². The number of benzene rings is 2. The molecule has 0 fully saturated rings. The van der Waals surface area contributed by atoms with E-state index in [4.69, 9.17) is 5.73 Å². The number of nitrogens with one attached hydrogen (secondary N) is 2. The average Bonchev–Trinajstić information content (AvgIpc) is 2.63. The molecule has 0 saturated carbocycles. The van der Waals surface area contributed by atoms with Gasteiger partial charge in [0.1, 0.15) is 11.5 Å². The summed E-state index contributed by atoms with van der Waals surface area (Å²) in [6, 6.07) is 8.65. The second-order valence-electron chi connectivity index (χ2n) is 5.93. The van der Waals surface area contributed by atoms with Crippen molar-refractivity contribution in [3.63, 3.8) is 0 Å². The number of amides is 1. The maximum absolute atomic E-state index is 13.2. The van der Waals surface area contributed by atoms with Crippen LogP contribution in [-0.4, -0.2) is 36.0 Å². The lowest BCUT2D eigenvalue weighted by molar-refractivity contribution is -0.352. The van der Waals surface area contributed by atoms with Gasteiger partial charge >= 0.3 is 16.3 Å². The first-order valence-corrected chi connectivity index (χ1v) is 11.0. The van der Waals surface area contributed by atoms with Crippen LogP contribution in [0.25, 0.3) is 0 Å². The van der Waals surface area contributed by atoms with E-state index in [9.17, 15) is 17.9 Å². The zero-order valence-corrected chi connectivity index (χ0v) is 18.0. The maximum Gasteiger partial charge on any atom is 0.316 e. The SMILES string of the molecule is CCN(c1cc(N)c(C(=[NH+]c2ccc(F)cc2)C(=O)NC)cc1Br)[S+](C)(=O)O. The molecule has 28 heavy (non-hydrogen) atoms. The van der Waals surface area contributed by atoms with Crippen LogP contribution in [0, 0.1) is 5.82 Å². The number of carbonyl (C=O) groups is 1. The molecule has 0 aliphatic carbocycles. The Bertz CT molecular complexity index is 960. The van der Waals surface area contributed by atoms with Gasteiger partial charge in [0, 0.05) is 29.3 Å². The first kappa shape index (κ1) is 22.0. The first-order chi connectivity index (χ1) is 13.1. The van der Waals surface area contributed by atoms with Crippen LogP contribution in [0.5, 0.6) is 0 Å². The van der Waals surface area contributed by atoms with Crippen LogP contribution in [0.4, 0.5) is 21.5 Å². The van der Waals surface area contributed by atoms with Gasteiger partial charge in [-0.2, -0.15) is 13.9 Å². The molecule has 0 heterocycles. The zero-order chi connectivity index (χ0) is 21.1. The van der Waals surface area contributed by atoms with Crippen LogP contribution in [0.15, 0.2) is 40.9 Å². The summed E-state index contributed by atoms with van der Waals surface area (Å²) in [5.41, 5.74) is 7.87. The summed E-state index contributed by atoms with van der Waals surface area (Å²) < 4.78 is 37.0. The van der Waals surface area contributed by atoms with E-state index in [1.54, 1.807) is 13.0 Å². The van der Waals surface area contributed by atoms with E-state index in [-0.39, 0.29) is 17.9 Å². The summed E-state index contributed by atoms with van der Waals surface area (Å²) >= 11 is 3.39. The fourth-order valence-electron chi connectivity index (χ4n) is 2.63. The minimum atomic E-state index is -3.25. The molecule has 1 unspecified atom stereocenters. The van der Waals surface area contributed by atoms with E-state index >= 15 is 0 Å². The third-order valence-electron chi connectivity index (χ3n) is 3.92. The minimum absolute atomic E-state index is 0.156. The highest BCUT2D eigenvalue weighted by atomic mass is 79.9. The van der Waals surface area contributed by atoms with Crippen molar-refractivity contribution in [1.29, 1.82) is 0 Å². The molecule has 10 heteroatoms. The van der Waals surface area contributed by atoms with E-state index in [1.807, 2.05) is 0 Å². The number of anilines is 2. The van der Waals surface area contributed by atoms with Gasteiger partial charge in [-0.1, -0.05) is 0 Å². The van der Waals surface area contributed by atoms with Gasteiger partial charge < -0.3 is 11.1 Å². The fraction of sp³-hybridized carbons (Fsp3) is 0.222. The quantitative estimate of drug-likeness (QED) is 0.289. The second kappa shape index (κ2) is 8.80. The normalized spacial score (nSPS) is 13.7. The number of nitrogen functional groups attached to an aromatic ring is 1. The van der Waals surface area contributed by atoms with E-state index in [2.05, 4.69) is 26.2 Å². The van der Waals surface area contributed by atoms with Crippen LogP contribution in [0.2, 0.25) is 0 Å². The van der Waals surface area contributed by atoms with Crippen LogP contribution >= 0.6 is 15.9 Å². The fourth-order valence-corrected chi connectivity index (χ4v) is 4.30. The molecule has 0 bridgehead atoms. The number of hydrogen-bond donors (Lipinski definition) is 4. The number of carbonyl (C=O) groups excluding carboxylic acids is 1. The van der Waals surface area contributed by atoms with Crippen molar-refractivity contribution in [2.45, 2.75) is 6.92 Å². The van der Waals surface area contributed by atoms with Gasteiger partial charge in [0.05, 0.1) is 12.1 Å². The molecule has 0 aromatic heterocycles. The Morgan fingerprint density at radius 1 is 1.36 bits per heavy atom. The molecule has 0 spiro atoms. The van der Waals surface area contributed by atoms with Gasteiger partial charge in [0.2, 0.25) is 5.69 Å². The largest absolute Gasteiger partial charge is 0.398 e. The van der Waals surface area contributed by atoms with Crippen molar-refractivity contribution in [2.75, 3.05) is 29.9 Å².